The third-order valence-corrected chi connectivity index (χ3v) is 3.29. The lowest BCUT2D eigenvalue weighted by Gasteiger charge is -2.13. The molecule has 0 saturated carbocycles. The normalized spacial score (nSPS) is 13.1. The number of nitrogens with zero attached hydrogens (tertiary/aromatic N) is 1. The highest BCUT2D eigenvalue weighted by molar-refractivity contribution is 7.99. The maximum absolute atomic E-state index is 7.87. The van der Waals surface area contributed by atoms with Gasteiger partial charge in [-0.25, -0.2) is 0 Å². The first-order valence-electron chi connectivity index (χ1n) is 5.22. The quantitative estimate of drug-likeness (QED) is 0.692. The number of benzene rings is 1. The fraction of sp³-hybridized carbons (Fsp3) is 0.500. The van der Waals surface area contributed by atoms with E-state index in [1.54, 1.807) is 11.8 Å². The van der Waals surface area contributed by atoms with Crippen LogP contribution in [-0.2, 0) is 0 Å². The van der Waals surface area contributed by atoms with Crippen LogP contribution in [0, 0.1) is 0 Å². The molecule has 0 aliphatic heterocycles. The Morgan fingerprint density at radius 3 is 2.53 bits per heavy atom. The molecule has 0 aromatic heterocycles. The van der Waals surface area contributed by atoms with Gasteiger partial charge in [0.05, 0.1) is 0 Å². The molecule has 0 amide bonds. The highest BCUT2D eigenvalue weighted by Crippen LogP contribution is 2.18. The van der Waals surface area contributed by atoms with Gasteiger partial charge < -0.3 is 4.90 Å². The van der Waals surface area contributed by atoms with Crippen LogP contribution in [0.25, 0.3) is 0 Å². The standard InChI is InChI=1S/C12H19N2S/c1-14(2)9-8-11(13)10-15-12-6-4-3-5-7-12/h3-7,11,13H,8-10H2,1-2H3/t11-/m0/s1. The predicted molar refractivity (Wildman–Crippen MR) is 67.2 cm³/mol. The van der Waals surface area contributed by atoms with Crippen molar-refractivity contribution >= 4 is 11.8 Å². The average Bonchev–Trinajstić information content (AvgIpc) is 2.25. The van der Waals surface area contributed by atoms with Crippen molar-refractivity contribution in [2.75, 3.05) is 26.4 Å². The number of thioether (sulfide) groups is 1. The molecule has 0 aliphatic carbocycles. The van der Waals surface area contributed by atoms with Crippen LogP contribution in [0.2, 0.25) is 0 Å². The zero-order valence-electron chi connectivity index (χ0n) is 9.44. The van der Waals surface area contributed by atoms with Crippen molar-refractivity contribution in [1.29, 1.82) is 0 Å². The number of nitrogens with one attached hydrogen (secondary N) is 1. The van der Waals surface area contributed by atoms with Crippen LogP contribution in [0.3, 0.4) is 0 Å². The van der Waals surface area contributed by atoms with Crippen molar-refractivity contribution in [2.45, 2.75) is 17.4 Å². The maximum atomic E-state index is 7.87. The Hall–Kier alpha value is -0.510. The number of hydrogen-bond acceptors (Lipinski definition) is 2. The smallest absolute Gasteiger partial charge is 0.0319 e. The molecule has 15 heavy (non-hydrogen) atoms. The van der Waals surface area contributed by atoms with Crippen LogP contribution in [0.4, 0.5) is 0 Å². The summed E-state index contributed by atoms with van der Waals surface area (Å²) in [5.74, 6) is 0.887. The summed E-state index contributed by atoms with van der Waals surface area (Å²) in [6.45, 7) is 1.00. The zero-order valence-corrected chi connectivity index (χ0v) is 10.3. The largest absolute Gasteiger partial charge is 0.309 e. The van der Waals surface area contributed by atoms with Gasteiger partial charge in [-0.1, -0.05) is 18.2 Å². The second kappa shape index (κ2) is 6.88. The van der Waals surface area contributed by atoms with E-state index in [4.69, 9.17) is 5.73 Å². The lowest BCUT2D eigenvalue weighted by Crippen LogP contribution is -2.21. The Balaban J connectivity index is 2.19. The van der Waals surface area contributed by atoms with Crippen LogP contribution in [0.15, 0.2) is 35.2 Å². The van der Waals surface area contributed by atoms with Crippen LogP contribution in [-0.4, -0.2) is 37.3 Å². The fourth-order valence-electron chi connectivity index (χ4n) is 1.21. The molecule has 0 heterocycles. The Morgan fingerprint density at radius 2 is 1.93 bits per heavy atom. The van der Waals surface area contributed by atoms with Gasteiger partial charge in [0.1, 0.15) is 0 Å². The molecule has 83 valence electrons. The molecule has 1 N–H and O–H groups in total. The van der Waals surface area contributed by atoms with Gasteiger partial charge in [0.15, 0.2) is 0 Å². The van der Waals surface area contributed by atoms with Gasteiger partial charge in [-0.15, -0.1) is 11.8 Å². The number of hydrogen-bond donors (Lipinski definition) is 0. The van der Waals surface area contributed by atoms with Gasteiger partial charge in [0.25, 0.3) is 0 Å². The second-order valence-electron chi connectivity index (χ2n) is 3.91. The van der Waals surface area contributed by atoms with Crippen molar-refractivity contribution in [3.05, 3.63) is 30.3 Å². The molecule has 1 atom stereocenters. The van der Waals surface area contributed by atoms with E-state index in [1.165, 1.54) is 4.90 Å². The molecule has 2 nitrogen and oxygen atoms in total. The van der Waals surface area contributed by atoms with E-state index in [-0.39, 0.29) is 6.04 Å². The molecule has 3 heteroatoms. The Labute approximate surface area is 96.8 Å². The molecule has 0 aliphatic rings. The predicted octanol–water partition coefficient (Wildman–Crippen LogP) is 2.38. The van der Waals surface area contributed by atoms with E-state index in [2.05, 4.69) is 31.1 Å². The first-order chi connectivity index (χ1) is 7.18. The van der Waals surface area contributed by atoms with Crippen LogP contribution in [0.1, 0.15) is 6.42 Å². The summed E-state index contributed by atoms with van der Waals surface area (Å²) < 4.78 is 0. The van der Waals surface area contributed by atoms with Gasteiger partial charge in [0, 0.05) is 16.7 Å². The molecule has 0 spiro atoms. The molecule has 1 aromatic carbocycles. The highest BCUT2D eigenvalue weighted by Gasteiger charge is 2.04. The molecule has 0 bridgehead atoms. The van der Waals surface area contributed by atoms with E-state index in [1.807, 2.05) is 18.2 Å². The Kier molecular flexibility index (Phi) is 5.76. The highest BCUT2D eigenvalue weighted by atomic mass is 32.2. The van der Waals surface area contributed by atoms with E-state index in [0.717, 1.165) is 18.7 Å². The van der Waals surface area contributed by atoms with Gasteiger partial charge in [-0.3, -0.25) is 5.73 Å². The zero-order chi connectivity index (χ0) is 11.1. The SMILES string of the molecule is CN(C)CC[C@H]([NH])CSc1ccccc1. The average molecular weight is 223 g/mol. The molecular formula is C12H19N2S. The minimum Gasteiger partial charge on any atom is -0.309 e. The summed E-state index contributed by atoms with van der Waals surface area (Å²) in [4.78, 5) is 3.40. The number of rotatable bonds is 6. The Bertz CT molecular complexity index is 262. The van der Waals surface area contributed by atoms with Gasteiger partial charge in [-0.2, -0.15) is 0 Å². The van der Waals surface area contributed by atoms with E-state index in [9.17, 15) is 0 Å². The minimum absolute atomic E-state index is 0.0395. The molecule has 1 radical (unpaired) electrons. The molecule has 0 saturated heterocycles. The molecular weight excluding hydrogens is 204 g/mol. The molecule has 1 rings (SSSR count). The summed E-state index contributed by atoms with van der Waals surface area (Å²) in [6, 6.07) is 10.3. The van der Waals surface area contributed by atoms with Crippen molar-refractivity contribution < 1.29 is 0 Å². The van der Waals surface area contributed by atoms with E-state index in [0.29, 0.717) is 0 Å². The summed E-state index contributed by atoms with van der Waals surface area (Å²) in [5.41, 5.74) is 7.87. The second-order valence-corrected chi connectivity index (χ2v) is 5.01. The molecule has 0 fully saturated rings. The van der Waals surface area contributed by atoms with Crippen LogP contribution in [0.5, 0.6) is 0 Å². The van der Waals surface area contributed by atoms with E-state index < -0.39 is 0 Å². The van der Waals surface area contributed by atoms with Crippen molar-refractivity contribution in [3.8, 4) is 0 Å². The van der Waals surface area contributed by atoms with Gasteiger partial charge in [0.2, 0.25) is 0 Å². The third kappa shape index (κ3) is 5.82. The fourth-order valence-corrected chi connectivity index (χ4v) is 2.12. The first kappa shape index (κ1) is 12.6. The van der Waals surface area contributed by atoms with Crippen molar-refractivity contribution in [2.24, 2.45) is 0 Å². The topological polar surface area (TPSA) is 27.0 Å². The summed E-state index contributed by atoms with van der Waals surface area (Å²) in [5, 5.41) is 0. The lowest BCUT2D eigenvalue weighted by atomic mass is 10.2. The summed E-state index contributed by atoms with van der Waals surface area (Å²) in [7, 11) is 4.11. The summed E-state index contributed by atoms with van der Waals surface area (Å²) >= 11 is 1.77. The van der Waals surface area contributed by atoms with Gasteiger partial charge >= 0.3 is 0 Å². The van der Waals surface area contributed by atoms with Crippen molar-refractivity contribution in [1.82, 2.24) is 10.6 Å². The molecule has 1 aromatic rings. The Morgan fingerprint density at radius 1 is 1.27 bits per heavy atom. The monoisotopic (exact) mass is 223 g/mol. The van der Waals surface area contributed by atoms with E-state index >= 15 is 0 Å². The summed E-state index contributed by atoms with van der Waals surface area (Å²) in [6.07, 6.45) is 0.951. The molecule has 0 unspecified atom stereocenters. The van der Waals surface area contributed by atoms with Crippen LogP contribution >= 0.6 is 11.8 Å². The lowest BCUT2D eigenvalue weighted by molar-refractivity contribution is 0.385. The minimum atomic E-state index is 0.0395. The first-order valence-corrected chi connectivity index (χ1v) is 6.20. The van der Waals surface area contributed by atoms with Gasteiger partial charge in [-0.05, 0) is 39.2 Å². The third-order valence-electron chi connectivity index (χ3n) is 2.12. The van der Waals surface area contributed by atoms with Crippen molar-refractivity contribution in [3.63, 3.8) is 0 Å². The van der Waals surface area contributed by atoms with Crippen LogP contribution < -0.4 is 5.73 Å². The maximum Gasteiger partial charge on any atom is 0.0319 e.